The number of rotatable bonds is 3. The van der Waals surface area contributed by atoms with Crippen molar-refractivity contribution in [3.63, 3.8) is 0 Å². The number of fused-ring (bicyclic) bond motifs is 1. The molecule has 1 aromatic carbocycles. The molecule has 0 aliphatic carbocycles. The van der Waals surface area contributed by atoms with Crippen LogP contribution in [0.1, 0.15) is 15.9 Å². The summed E-state index contributed by atoms with van der Waals surface area (Å²) < 4.78 is 1.87. The van der Waals surface area contributed by atoms with E-state index < -0.39 is 0 Å². The van der Waals surface area contributed by atoms with Gasteiger partial charge in [-0.05, 0) is 42.8 Å². The van der Waals surface area contributed by atoms with Crippen LogP contribution in [0.15, 0.2) is 48.8 Å². The zero-order chi connectivity index (χ0) is 15.7. The van der Waals surface area contributed by atoms with Crippen molar-refractivity contribution in [3.8, 4) is 0 Å². The van der Waals surface area contributed by atoms with Crippen molar-refractivity contribution in [1.29, 1.82) is 0 Å². The number of hydrogen-bond donors (Lipinski definition) is 1. The Balaban J connectivity index is 1.83. The highest BCUT2D eigenvalue weighted by molar-refractivity contribution is 6.04. The lowest BCUT2D eigenvalue weighted by molar-refractivity contribution is 0.102. The number of hydrogen-bond acceptors (Lipinski definition) is 3. The van der Waals surface area contributed by atoms with Gasteiger partial charge in [-0.15, -0.1) is 0 Å². The van der Waals surface area contributed by atoms with Gasteiger partial charge in [0, 0.05) is 31.5 Å². The maximum Gasteiger partial charge on any atom is 0.256 e. The van der Waals surface area contributed by atoms with Crippen LogP contribution in [-0.4, -0.2) is 29.4 Å². The summed E-state index contributed by atoms with van der Waals surface area (Å²) in [5, 5.41) is 2.84. The first-order valence-corrected chi connectivity index (χ1v) is 7.07. The number of nitrogens with one attached hydrogen (secondary N) is 1. The molecule has 0 aliphatic heterocycles. The van der Waals surface area contributed by atoms with Crippen molar-refractivity contribution in [3.05, 3.63) is 59.9 Å². The lowest BCUT2D eigenvalue weighted by Crippen LogP contribution is -2.14. The van der Waals surface area contributed by atoms with Crippen LogP contribution < -0.4 is 10.2 Å². The van der Waals surface area contributed by atoms with E-state index in [-0.39, 0.29) is 5.91 Å². The van der Waals surface area contributed by atoms with Gasteiger partial charge >= 0.3 is 0 Å². The highest BCUT2D eigenvalue weighted by Crippen LogP contribution is 2.20. The van der Waals surface area contributed by atoms with Crippen LogP contribution in [-0.2, 0) is 0 Å². The molecule has 0 atom stereocenters. The summed E-state index contributed by atoms with van der Waals surface area (Å²) in [6.45, 7) is 2.00. The van der Waals surface area contributed by atoms with E-state index in [0.717, 1.165) is 16.9 Å². The number of imidazole rings is 1. The largest absolute Gasteiger partial charge is 0.377 e. The van der Waals surface area contributed by atoms with E-state index in [1.165, 1.54) is 0 Å². The molecule has 0 saturated carbocycles. The van der Waals surface area contributed by atoms with E-state index in [1.54, 1.807) is 6.20 Å². The van der Waals surface area contributed by atoms with Crippen LogP contribution in [0.3, 0.4) is 0 Å². The summed E-state index contributed by atoms with van der Waals surface area (Å²) in [5.41, 5.74) is 3.59. The third kappa shape index (κ3) is 2.65. The summed E-state index contributed by atoms with van der Waals surface area (Å²) in [5.74, 6) is 0.391. The van der Waals surface area contributed by atoms with Crippen LogP contribution in [0, 0.1) is 6.92 Å². The van der Waals surface area contributed by atoms with Gasteiger partial charge in [0.2, 0.25) is 0 Å². The Morgan fingerprint density at radius 3 is 2.73 bits per heavy atom. The fraction of sp³-hybridized carbons (Fsp3) is 0.176. The fourth-order valence-corrected chi connectivity index (χ4v) is 2.48. The zero-order valence-electron chi connectivity index (χ0n) is 12.9. The lowest BCUT2D eigenvalue weighted by atomic mass is 10.1. The van der Waals surface area contributed by atoms with E-state index in [4.69, 9.17) is 0 Å². The van der Waals surface area contributed by atoms with Crippen molar-refractivity contribution < 1.29 is 4.79 Å². The fourth-order valence-electron chi connectivity index (χ4n) is 2.48. The van der Waals surface area contributed by atoms with Gasteiger partial charge in [-0.3, -0.25) is 4.79 Å². The third-order valence-corrected chi connectivity index (χ3v) is 3.55. The molecule has 0 bridgehead atoms. The first-order valence-electron chi connectivity index (χ1n) is 7.07. The minimum atomic E-state index is -0.156. The molecular formula is C17H18N4O. The summed E-state index contributed by atoms with van der Waals surface area (Å²) in [7, 11) is 3.97. The first-order chi connectivity index (χ1) is 10.5. The van der Waals surface area contributed by atoms with Crippen molar-refractivity contribution in [2.45, 2.75) is 6.92 Å². The quantitative estimate of drug-likeness (QED) is 0.808. The standard InChI is InChI=1S/C17H18N4O/c1-12-10-13(7-8-14(12)20(2)3)17(22)19-15-11-21-9-5-4-6-16(21)18-15/h4-11H,1-3H3,(H,19,22). The molecule has 112 valence electrons. The minimum absolute atomic E-state index is 0.156. The Kier molecular flexibility index (Phi) is 3.55. The SMILES string of the molecule is Cc1cc(C(=O)Nc2cn3ccccc3n2)ccc1N(C)C. The van der Waals surface area contributed by atoms with Gasteiger partial charge in [0.15, 0.2) is 5.82 Å². The van der Waals surface area contributed by atoms with Crippen LogP contribution in [0.25, 0.3) is 5.65 Å². The molecule has 0 saturated heterocycles. The molecule has 3 rings (SSSR count). The van der Waals surface area contributed by atoms with Gasteiger partial charge in [-0.25, -0.2) is 4.98 Å². The summed E-state index contributed by atoms with van der Waals surface area (Å²) >= 11 is 0. The molecule has 5 heteroatoms. The molecule has 22 heavy (non-hydrogen) atoms. The van der Waals surface area contributed by atoms with E-state index in [1.807, 2.05) is 72.9 Å². The average molecular weight is 294 g/mol. The van der Waals surface area contributed by atoms with E-state index in [0.29, 0.717) is 11.4 Å². The van der Waals surface area contributed by atoms with Gasteiger partial charge in [-0.1, -0.05) is 6.07 Å². The van der Waals surface area contributed by atoms with Crippen molar-refractivity contribution in [2.24, 2.45) is 0 Å². The Labute approximate surface area is 129 Å². The molecule has 5 nitrogen and oxygen atoms in total. The molecule has 3 aromatic rings. The van der Waals surface area contributed by atoms with Gasteiger partial charge in [0.1, 0.15) is 5.65 Å². The molecule has 0 spiro atoms. The second-order valence-electron chi connectivity index (χ2n) is 5.44. The maximum absolute atomic E-state index is 12.4. The monoisotopic (exact) mass is 294 g/mol. The molecule has 0 fully saturated rings. The number of carbonyl (C=O) groups excluding carboxylic acids is 1. The van der Waals surface area contributed by atoms with Gasteiger partial charge in [0.25, 0.3) is 5.91 Å². The molecule has 0 aliphatic rings. The molecule has 0 radical (unpaired) electrons. The molecule has 2 heterocycles. The summed E-state index contributed by atoms with van der Waals surface area (Å²) in [4.78, 5) is 18.7. The molecule has 1 amide bonds. The predicted molar refractivity (Wildman–Crippen MR) is 88.7 cm³/mol. The van der Waals surface area contributed by atoms with Crippen LogP contribution in [0.4, 0.5) is 11.5 Å². The number of benzene rings is 1. The zero-order valence-corrected chi connectivity index (χ0v) is 12.9. The second-order valence-corrected chi connectivity index (χ2v) is 5.44. The Hall–Kier alpha value is -2.82. The second kappa shape index (κ2) is 5.52. The van der Waals surface area contributed by atoms with Gasteiger partial charge < -0.3 is 14.6 Å². The predicted octanol–water partition coefficient (Wildman–Crippen LogP) is 2.96. The van der Waals surface area contributed by atoms with Crippen LogP contribution in [0.2, 0.25) is 0 Å². The topological polar surface area (TPSA) is 49.6 Å². The van der Waals surface area contributed by atoms with Gasteiger partial charge in [-0.2, -0.15) is 0 Å². The average Bonchev–Trinajstić information content (AvgIpc) is 2.88. The highest BCUT2D eigenvalue weighted by atomic mass is 16.1. The first kappa shape index (κ1) is 14.1. The number of nitrogens with zero attached hydrogens (tertiary/aromatic N) is 3. The normalized spacial score (nSPS) is 10.7. The number of aryl methyl sites for hydroxylation is 1. The third-order valence-electron chi connectivity index (χ3n) is 3.55. The van der Waals surface area contributed by atoms with Crippen LogP contribution in [0.5, 0.6) is 0 Å². The Morgan fingerprint density at radius 1 is 1.23 bits per heavy atom. The van der Waals surface area contributed by atoms with Crippen molar-refractivity contribution in [1.82, 2.24) is 9.38 Å². The van der Waals surface area contributed by atoms with Crippen LogP contribution >= 0.6 is 0 Å². The number of carbonyl (C=O) groups is 1. The minimum Gasteiger partial charge on any atom is -0.377 e. The van der Waals surface area contributed by atoms with E-state index in [2.05, 4.69) is 10.3 Å². The smallest absolute Gasteiger partial charge is 0.256 e. The number of pyridine rings is 1. The Bertz CT molecular complexity index is 803. The molecule has 2 aromatic heterocycles. The number of anilines is 2. The molecular weight excluding hydrogens is 276 g/mol. The summed E-state index contributed by atoms with van der Waals surface area (Å²) in [6, 6.07) is 11.4. The maximum atomic E-state index is 12.4. The van der Waals surface area contributed by atoms with Crippen molar-refractivity contribution >= 4 is 23.1 Å². The molecule has 0 unspecified atom stereocenters. The summed E-state index contributed by atoms with van der Waals surface area (Å²) in [6.07, 6.45) is 3.70. The molecule has 1 N–H and O–H groups in total. The van der Waals surface area contributed by atoms with Crippen molar-refractivity contribution in [2.75, 3.05) is 24.3 Å². The Morgan fingerprint density at radius 2 is 2.05 bits per heavy atom. The number of aromatic nitrogens is 2. The van der Waals surface area contributed by atoms with E-state index >= 15 is 0 Å². The number of amides is 1. The van der Waals surface area contributed by atoms with E-state index in [9.17, 15) is 4.79 Å². The lowest BCUT2D eigenvalue weighted by Gasteiger charge is -2.16. The van der Waals surface area contributed by atoms with Gasteiger partial charge in [0.05, 0.1) is 6.20 Å². The highest BCUT2D eigenvalue weighted by Gasteiger charge is 2.10.